The van der Waals surface area contributed by atoms with Crippen molar-refractivity contribution in [3.8, 4) is 0 Å². The highest BCUT2D eigenvalue weighted by molar-refractivity contribution is 9.10. The zero-order valence-electron chi connectivity index (χ0n) is 9.50. The molecule has 0 aromatic heterocycles. The second kappa shape index (κ2) is 6.53. The minimum absolute atomic E-state index is 0.0633. The molecule has 0 heterocycles. The SMILES string of the molecule is CCOC(=O)C[C@@H](C)Nc1cccc(Br)c1. The third-order valence-corrected chi connectivity index (χ3v) is 2.51. The zero-order valence-corrected chi connectivity index (χ0v) is 11.1. The number of anilines is 1. The molecule has 16 heavy (non-hydrogen) atoms. The molecule has 0 bridgehead atoms. The van der Waals surface area contributed by atoms with Crippen LogP contribution >= 0.6 is 15.9 Å². The smallest absolute Gasteiger partial charge is 0.307 e. The summed E-state index contributed by atoms with van der Waals surface area (Å²) < 4.78 is 5.90. The summed E-state index contributed by atoms with van der Waals surface area (Å²) >= 11 is 3.40. The lowest BCUT2D eigenvalue weighted by Gasteiger charge is -2.14. The van der Waals surface area contributed by atoms with Gasteiger partial charge >= 0.3 is 5.97 Å². The second-order valence-corrected chi connectivity index (χ2v) is 4.48. The van der Waals surface area contributed by atoms with Crippen LogP contribution in [0.2, 0.25) is 0 Å². The molecule has 0 aliphatic heterocycles. The number of halogens is 1. The van der Waals surface area contributed by atoms with E-state index >= 15 is 0 Å². The van der Waals surface area contributed by atoms with Gasteiger partial charge in [-0.1, -0.05) is 22.0 Å². The van der Waals surface area contributed by atoms with Crippen LogP contribution in [-0.2, 0) is 9.53 Å². The number of hydrogen-bond acceptors (Lipinski definition) is 3. The van der Waals surface area contributed by atoms with E-state index in [0.29, 0.717) is 13.0 Å². The Morgan fingerprint density at radius 1 is 1.56 bits per heavy atom. The Labute approximate surface area is 104 Å². The van der Waals surface area contributed by atoms with E-state index < -0.39 is 0 Å². The standard InChI is InChI=1S/C12H16BrNO2/c1-3-16-12(15)7-9(2)14-11-6-4-5-10(13)8-11/h4-6,8-9,14H,3,7H2,1-2H3/t9-/m1/s1. The number of esters is 1. The van der Waals surface area contributed by atoms with Crippen LogP contribution in [0.3, 0.4) is 0 Å². The number of ether oxygens (including phenoxy) is 1. The average Bonchev–Trinajstić information content (AvgIpc) is 2.17. The molecule has 0 saturated heterocycles. The Kier molecular flexibility index (Phi) is 5.32. The van der Waals surface area contributed by atoms with Gasteiger partial charge in [0, 0.05) is 16.2 Å². The van der Waals surface area contributed by atoms with Crippen molar-refractivity contribution < 1.29 is 9.53 Å². The minimum atomic E-state index is -0.169. The van der Waals surface area contributed by atoms with E-state index in [4.69, 9.17) is 4.74 Å². The van der Waals surface area contributed by atoms with Crippen LogP contribution in [0.1, 0.15) is 20.3 Å². The molecule has 0 saturated carbocycles. The summed E-state index contributed by atoms with van der Waals surface area (Å²) in [5.74, 6) is -0.169. The molecule has 0 fully saturated rings. The molecule has 0 radical (unpaired) electrons. The van der Waals surface area contributed by atoms with Gasteiger partial charge < -0.3 is 10.1 Å². The Balaban J connectivity index is 2.45. The van der Waals surface area contributed by atoms with Gasteiger partial charge in [-0.2, -0.15) is 0 Å². The zero-order chi connectivity index (χ0) is 12.0. The summed E-state index contributed by atoms with van der Waals surface area (Å²) in [5.41, 5.74) is 0.992. The Morgan fingerprint density at radius 3 is 2.94 bits per heavy atom. The summed E-state index contributed by atoms with van der Waals surface area (Å²) in [6, 6.07) is 7.91. The molecule has 1 aromatic rings. The van der Waals surface area contributed by atoms with Gasteiger partial charge in [0.25, 0.3) is 0 Å². The molecule has 4 heteroatoms. The van der Waals surface area contributed by atoms with Gasteiger partial charge in [-0.05, 0) is 32.0 Å². The van der Waals surface area contributed by atoms with Gasteiger partial charge in [-0.25, -0.2) is 0 Å². The van der Waals surface area contributed by atoms with Crippen LogP contribution in [0.25, 0.3) is 0 Å². The van der Waals surface area contributed by atoms with Crippen molar-refractivity contribution in [3.05, 3.63) is 28.7 Å². The van der Waals surface area contributed by atoms with Gasteiger partial charge in [0.15, 0.2) is 0 Å². The van der Waals surface area contributed by atoms with Gasteiger partial charge in [-0.15, -0.1) is 0 Å². The fourth-order valence-electron chi connectivity index (χ4n) is 1.38. The van der Waals surface area contributed by atoms with Crippen LogP contribution in [0.5, 0.6) is 0 Å². The van der Waals surface area contributed by atoms with Crippen molar-refractivity contribution >= 4 is 27.6 Å². The lowest BCUT2D eigenvalue weighted by molar-refractivity contribution is -0.143. The van der Waals surface area contributed by atoms with E-state index in [0.717, 1.165) is 10.2 Å². The van der Waals surface area contributed by atoms with Gasteiger partial charge in [0.1, 0.15) is 0 Å². The third-order valence-electron chi connectivity index (χ3n) is 2.02. The first-order chi connectivity index (χ1) is 7.61. The monoisotopic (exact) mass is 285 g/mol. The maximum absolute atomic E-state index is 11.2. The maximum atomic E-state index is 11.2. The number of nitrogens with one attached hydrogen (secondary N) is 1. The first-order valence-corrected chi connectivity index (χ1v) is 6.09. The topological polar surface area (TPSA) is 38.3 Å². The van der Waals surface area contributed by atoms with E-state index in [1.807, 2.05) is 38.1 Å². The summed E-state index contributed by atoms with van der Waals surface area (Å²) in [7, 11) is 0. The van der Waals surface area contributed by atoms with E-state index in [1.165, 1.54) is 0 Å². The third kappa shape index (κ3) is 4.66. The number of carbonyl (C=O) groups excluding carboxylic acids is 1. The van der Waals surface area contributed by atoms with Crippen molar-refractivity contribution in [2.24, 2.45) is 0 Å². The molecule has 0 amide bonds. The molecule has 0 spiro atoms. The molecule has 0 aliphatic carbocycles. The van der Waals surface area contributed by atoms with Crippen molar-refractivity contribution in [2.45, 2.75) is 26.3 Å². The molecule has 1 N–H and O–H groups in total. The van der Waals surface area contributed by atoms with Crippen LogP contribution in [0.4, 0.5) is 5.69 Å². The number of carbonyl (C=O) groups is 1. The molecular weight excluding hydrogens is 270 g/mol. The quantitative estimate of drug-likeness (QED) is 0.845. The van der Waals surface area contributed by atoms with Crippen LogP contribution in [-0.4, -0.2) is 18.6 Å². The van der Waals surface area contributed by atoms with Crippen LogP contribution < -0.4 is 5.32 Å². The molecule has 3 nitrogen and oxygen atoms in total. The number of hydrogen-bond donors (Lipinski definition) is 1. The highest BCUT2D eigenvalue weighted by Crippen LogP contribution is 2.16. The Bertz CT molecular complexity index is 355. The first kappa shape index (κ1) is 13.0. The van der Waals surface area contributed by atoms with Crippen LogP contribution in [0.15, 0.2) is 28.7 Å². The highest BCUT2D eigenvalue weighted by atomic mass is 79.9. The Hall–Kier alpha value is -1.03. The molecular formula is C12H16BrNO2. The fourth-order valence-corrected chi connectivity index (χ4v) is 1.78. The van der Waals surface area contributed by atoms with Crippen molar-refractivity contribution in [2.75, 3.05) is 11.9 Å². The predicted molar refractivity (Wildman–Crippen MR) is 68.5 cm³/mol. The van der Waals surface area contributed by atoms with Gasteiger partial charge in [0.2, 0.25) is 0 Å². The summed E-state index contributed by atoms with van der Waals surface area (Å²) in [6.07, 6.45) is 0.375. The average molecular weight is 286 g/mol. The molecule has 1 rings (SSSR count). The molecule has 1 aromatic carbocycles. The molecule has 0 unspecified atom stereocenters. The highest BCUT2D eigenvalue weighted by Gasteiger charge is 2.09. The maximum Gasteiger partial charge on any atom is 0.307 e. The first-order valence-electron chi connectivity index (χ1n) is 5.29. The number of rotatable bonds is 5. The Morgan fingerprint density at radius 2 is 2.31 bits per heavy atom. The molecule has 1 atom stereocenters. The summed E-state index contributed by atoms with van der Waals surface area (Å²) in [5, 5.41) is 3.24. The molecule has 0 aliphatic rings. The summed E-state index contributed by atoms with van der Waals surface area (Å²) in [6.45, 7) is 4.20. The number of benzene rings is 1. The largest absolute Gasteiger partial charge is 0.466 e. The summed E-state index contributed by atoms with van der Waals surface area (Å²) in [4.78, 5) is 11.2. The second-order valence-electron chi connectivity index (χ2n) is 3.56. The van der Waals surface area contributed by atoms with E-state index in [2.05, 4.69) is 21.2 Å². The van der Waals surface area contributed by atoms with E-state index in [1.54, 1.807) is 0 Å². The predicted octanol–water partition coefficient (Wildman–Crippen LogP) is 3.20. The van der Waals surface area contributed by atoms with Gasteiger partial charge in [0.05, 0.1) is 13.0 Å². The minimum Gasteiger partial charge on any atom is -0.466 e. The normalized spacial score (nSPS) is 11.9. The van der Waals surface area contributed by atoms with Crippen LogP contribution in [0, 0.1) is 0 Å². The van der Waals surface area contributed by atoms with E-state index in [9.17, 15) is 4.79 Å². The van der Waals surface area contributed by atoms with E-state index in [-0.39, 0.29) is 12.0 Å². The van der Waals surface area contributed by atoms with Crippen molar-refractivity contribution in [3.63, 3.8) is 0 Å². The lowest BCUT2D eigenvalue weighted by atomic mass is 10.2. The van der Waals surface area contributed by atoms with Crippen molar-refractivity contribution in [1.82, 2.24) is 0 Å². The lowest BCUT2D eigenvalue weighted by Crippen LogP contribution is -2.20. The molecule has 88 valence electrons. The fraction of sp³-hybridized carbons (Fsp3) is 0.417. The van der Waals surface area contributed by atoms with Crippen molar-refractivity contribution in [1.29, 1.82) is 0 Å². The van der Waals surface area contributed by atoms with Gasteiger partial charge in [-0.3, -0.25) is 4.79 Å².